The first-order chi connectivity index (χ1) is 10.0. The Morgan fingerprint density at radius 1 is 1.33 bits per heavy atom. The van der Waals surface area contributed by atoms with E-state index in [0.717, 1.165) is 10.1 Å². The van der Waals surface area contributed by atoms with Crippen LogP contribution in [0.3, 0.4) is 0 Å². The molecule has 6 heteroatoms. The van der Waals surface area contributed by atoms with E-state index in [9.17, 15) is 14.4 Å². The first-order valence-corrected chi connectivity index (χ1v) is 6.92. The van der Waals surface area contributed by atoms with Gasteiger partial charge in [0.15, 0.2) is 0 Å². The van der Waals surface area contributed by atoms with Crippen LogP contribution in [0, 0.1) is 6.92 Å². The van der Waals surface area contributed by atoms with Gasteiger partial charge in [-0.1, -0.05) is 25.5 Å². The zero-order valence-electron chi connectivity index (χ0n) is 12.7. The van der Waals surface area contributed by atoms with Crippen molar-refractivity contribution in [3.05, 3.63) is 44.6 Å². The number of fused-ring (bicyclic) bond motifs is 1. The minimum atomic E-state index is -0.616. The lowest BCUT2D eigenvalue weighted by Gasteiger charge is -2.06. The van der Waals surface area contributed by atoms with E-state index in [0.29, 0.717) is 10.9 Å². The number of nitrogens with one attached hydrogen (secondary N) is 1. The predicted molar refractivity (Wildman–Crippen MR) is 83.7 cm³/mol. The molecule has 0 saturated carbocycles. The number of carbonyl (C=O) groups is 1. The van der Waals surface area contributed by atoms with Crippen LogP contribution in [0.15, 0.2) is 27.8 Å². The average molecular weight is 294 g/mol. The zero-order chi connectivity index (χ0) is 16.0. The van der Waals surface area contributed by atoms with Crippen molar-refractivity contribution in [2.24, 2.45) is 0 Å². The fourth-order valence-electron chi connectivity index (χ4n) is 1.84. The van der Waals surface area contributed by atoms with Crippen LogP contribution in [-0.4, -0.2) is 22.1 Å². The Morgan fingerprint density at radius 3 is 2.62 bits per heavy atom. The van der Waals surface area contributed by atoms with E-state index in [-0.39, 0.29) is 14.6 Å². The Bertz CT molecular complexity index is 749. The van der Waals surface area contributed by atoms with Crippen molar-refractivity contribution in [1.29, 1.82) is 0 Å². The molecule has 0 radical (unpaired) electrons. The molecule has 0 spiro atoms. The highest BCUT2D eigenvalue weighted by molar-refractivity contribution is 5.78. The third-order valence-corrected chi connectivity index (χ3v) is 2.73. The molecule has 2 rings (SSSR count). The highest BCUT2D eigenvalue weighted by Gasteiger charge is 2.11. The highest BCUT2D eigenvalue weighted by Crippen LogP contribution is 2.07. The summed E-state index contributed by atoms with van der Waals surface area (Å²) in [6.07, 6.45) is 0. The van der Waals surface area contributed by atoms with E-state index >= 15 is 0 Å². The fraction of sp³-hybridized carbons (Fsp3) is 0.400. The van der Waals surface area contributed by atoms with Gasteiger partial charge in [0.2, 0.25) is 0 Å². The van der Waals surface area contributed by atoms with Gasteiger partial charge in [-0.05, 0) is 26.0 Å². The second-order valence-corrected chi connectivity index (χ2v) is 4.18. The number of benzene rings is 1. The van der Waals surface area contributed by atoms with E-state index in [1.165, 1.54) is 0 Å². The first-order valence-electron chi connectivity index (χ1n) is 6.92. The highest BCUT2D eigenvalue weighted by atomic mass is 16.5. The normalized spacial score (nSPS) is 9.90. The topological polar surface area (TPSA) is 81.2 Å². The maximum Gasteiger partial charge on any atom is 0.329 e. The summed E-state index contributed by atoms with van der Waals surface area (Å²) in [6, 6.07) is 5.14. The van der Waals surface area contributed by atoms with Crippen LogP contribution in [0.2, 0.25) is 0 Å². The second-order valence-electron chi connectivity index (χ2n) is 4.18. The monoisotopic (exact) mass is 294 g/mol. The number of hydrogen-bond acceptors (Lipinski definition) is 4. The van der Waals surface area contributed by atoms with Crippen molar-refractivity contribution in [3.63, 3.8) is 0 Å². The number of esters is 1. The summed E-state index contributed by atoms with van der Waals surface area (Å²) in [4.78, 5) is 37.9. The molecule has 1 heterocycles. The van der Waals surface area contributed by atoms with Gasteiger partial charge in [0.1, 0.15) is 6.54 Å². The van der Waals surface area contributed by atoms with Gasteiger partial charge in [-0.15, -0.1) is 0 Å². The maximum atomic E-state index is 12.2. The van der Waals surface area contributed by atoms with Crippen molar-refractivity contribution < 1.29 is 11.0 Å². The molecule has 0 unspecified atom stereocenters. The van der Waals surface area contributed by atoms with Crippen molar-refractivity contribution >= 4 is 16.9 Å². The molecule has 0 bridgehead atoms. The van der Waals surface area contributed by atoms with Crippen LogP contribution in [-0.2, 0) is 16.1 Å². The standard InChI is InChI=1S/C13H14N2O4.C2H6.H2/c1-3-19-11(16)7-15-12(17)9-6-8(2)4-5-10(9)14-13(15)18;1-2;/h4-6H,3,7H2,1-2H3,(H,14,18);1-2H3;1H. The number of rotatable bonds is 3. The van der Waals surface area contributed by atoms with Gasteiger partial charge in [-0.25, -0.2) is 9.36 Å². The number of aromatic nitrogens is 2. The maximum absolute atomic E-state index is 12.2. The molecule has 1 aromatic carbocycles. The van der Waals surface area contributed by atoms with E-state index < -0.39 is 17.2 Å². The van der Waals surface area contributed by atoms with E-state index in [2.05, 4.69) is 4.98 Å². The van der Waals surface area contributed by atoms with E-state index in [1.807, 2.05) is 20.8 Å². The molecule has 1 N–H and O–H groups in total. The molecule has 21 heavy (non-hydrogen) atoms. The summed E-state index contributed by atoms with van der Waals surface area (Å²) < 4.78 is 5.59. The lowest BCUT2D eigenvalue weighted by Crippen LogP contribution is -2.37. The molecular weight excluding hydrogens is 272 g/mol. The van der Waals surface area contributed by atoms with Gasteiger partial charge in [0, 0.05) is 1.43 Å². The fourth-order valence-corrected chi connectivity index (χ4v) is 1.84. The van der Waals surface area contributed by atoms with Gasteiger partial charge in [-0.2, -0.15) is 0 Å². The lowest BCUT2D eigenvalue weighted by atomic mass is 10.2. The van der Waals surface area contributed by atoms with Crippen LogP contribution >= 0.6 is 0 Å². The van der Waals surface area contributed by atoms with Crippen molar-refractivity contribution in [2.75, 3.05) is 6.61 Å². The van der Waals surface area contributed by atoms with Crippen LogP contribution in [0.4, 0.5) is 0 Å². The van der Waals surface area contributed by atoms with Gasteiger partial charge < -0.3 is 9.72 Å². The van der Waals surface area contributed by atoms with Gasteiger partial charge in [0.25, 0.3) is 5.56 Å². The zero-order valence-corrected chi connectivity index (χ0v) is 12.7. The molecule has 2 aromatic rings. The third kappa shape index (κ3) is 3.81. The molecule has 0 fully saturated rings. The summed E-state index contributed by atoms with van der Waals surface area (Å²) in [5.41, 5.74) is 0.255. The van der Waals surface area contributed by atoms with Gasteiger partial charge >= 0.3 is 11.7 Å². The van der Waals surface area contributed by atoms with Crippen LogP contribution in [0.25, 0.3) is 10.9 Å². The number of nitrogens with zero attached hydrogens (tertiary/aromatic N) is 1. The first kappa shape index (κ1) is 16.7. The Labute approximate surface area is 123 Å². The van der Waals surface area contributed by atoms with E-state index in [4.69, 9.17) is 4.74 Å². The lowest BCUT2D eigenvalue weighted by molar-refractivity contribution is -0.143. The Morgan fingerprint density at radius 2 is 2.00 bits per heavy atom. The molecule has 0 aliphatic carbocycles. The minimum Gasteiger partial charge on any atom is -0.465 e. The number of carbonyl (C=O) groups excluding carboxylic acids is 1. The average Bonchev–Trinajstić information content (AvgIpc) is 2.47. The summed E-state index contributed by atoms with van der Waals surface area (Å²) in [6.45, 7) is 7.33. The molecule has 0 atom stereocenters. The number of H-pyrrole nitrogens is 1. The second kappa shape index (κ2) is 7.42. The van der Waals surface area contributed by atoms with Crippen LogP contribution in [0.1, 0.15) is 27.8 Å². The van der Waals surface area contributed by atoms with Crippen molar-refractivity contribution in [1.82, 2.24) is 9.55 Å². The molecule has 0 saturated heterocycles. The van der Waals surface area contributed by atoms with Gasteiger partial charge in [0.05, 0.1) is 17.5 Å². The van der Waals surface area contributed by atoms with Crippen molar-refractivity contribution in [3.8, 4) is 0 Å². The van der Waals surface area contributed by atoms with Crippen LogP contribution < -0.4 is 11.2 Å². The van der Waals surface area contributed by atoms with Crippen molar-refractivity contribution in [2.45, 2.75) is 34.2 Å². The smallest absolute Gasteiger partial charge is 0.329 e. The Kier molecular flexibility index (Phi) is 5.90. The molecule has 0 amide bonds. The summed E-state index contributed by atoms with van der Waals surface area (Å²) >= 11 is 0. The largest absolute Gasteiger partial charge is 0.465 e. The Hall–Kier alpha value is -2.37. The summed E-state index contributed by atoms with van der Waals surface area (Å²) in [7, 11) is 0. The number of aryl methyl sites for hydroxylation is 1. The quantitative estimate of drug-likeness (QED) is 0.876. The van der Waals surface area contributed by atoms with Crippen LogP contribution in [0.5, 0.6) is 0 Å². The number of hydrogen-bond donors (Lipinski definition) is 1. The molecule has 0 aliphatic rings. The molecule has 6 nitrogen and oxygen atoms in total. The molecule has 0 aliphatic heterocycles. The molecular formula is C15H22N2O4. The number of ether oxygens (including phenoxy) is 1. The minimum absolute atomic E-state index is 0. The molecule has 1 aromatic heterocycles. The van der Waals surface area contributed by atoms with E-state index in [1.54, 1.807) is 25.1 Å². The predicted octanol–water partition coefficient (Wildman–Crippen LogP) is 1.83. The SMILES string of the molecule is CC.CCOC(=O)Cn1c(=O)[nH]c2ccc(C)cc2c1=O.[HH]. The molecule has 116 valence electrons. The third-order valence-electron chi connectivity index (χ3n) is 2.73. The van der Waals surface area contributed by atoms with Gasteiger partial charge in [-0.3, -0.25) is 9.59 Å². The Balaban J connectivity index is 0.00000141. The number of aromatic amines is 1. The summed E-state index contributed by atoms with van der Waals surface area (Å²) in [5.74, 6) is -0.609. The summed E-state index contributed by atoms with van der Waals surface area (Å²) in [5, 5.41) is 0.379.